The van der Waals surface area contributed by atoms with Gasteiger partial charge in [0, 0.05) is 25.2 Å². The summed E-state index contributed by atoms with van der Waals surface area (Å²) < 4.78 is 0. The Labute approximate surface area is 87.8 Å². The van der Waals surface area contributed by atoms with Crippen LogP contribution in [0.5, 0.6) is 0 Å². The predicted octanol–water partition coefficient (Wildman–Crippen LogP) is 1.99. The van der Waals surface area contributed by atoms with Gasteiger partial charge in [0.05, 0.1) is 0 Å². The lowest BCUT2D eigenvalue weighted by atomic mass is 9.63. The first-order chi connectivity index (χ1) is 6.61. The van der Waals surface area contributed by atoms with Gasteiger partial charge >= 0.3 is 0 Å². The number of rotatable bonds is 4. The van der Waals surface area contributed by atoms with Crippen LogP contribution in [-0.4, -0.2) is 30.1 Å². The van der Waals surface area contributed by atoms with E-state index in [-0.39, 0.29) is 5.54 Å². The van der Waals surface area contributed by atoms with Crippen LogP contribution < -0.4 is 5.73 Å². The molecule has 2 nitrogen and oxygen atoms in total. The second-order valence-corrected chi connectivity index (χ2v) is 5.57. The normalized spacial score (nSPS) is 25.9. The summed E-state index contributed by atoms with van der Waals surface area (Å²) in [6.45, 7) is 8.18. The highest BCUT2D eigenvalue weighted by Crippen LogP contribution is 2.48. The van der Waals surface area contributed by atoms with Crippen molar-refractivity contribution in [2.75, 3.05) is 19.6 Å². The second-order valence-electron chi connectivity index (χ2n) is 5.57. The average Bonchev–Trinajstić information content (AvgIpc) is 2.07. The molecule has 0 amide bonds. The maximum absolute atomic E-state index is 6.31. The van der Waals surface area contributed by atoms with E-state index in [2.05, 4.69) is 18.7 Å². The van der Waals surface area contributed by atoms with Gasteiger partial charge in [-0.1, -0.05) is 20.3 Å². The Balaban J connectivity index is 1.77. The molecule has 2 rings (SSSR count). The fraction of sp³-hybridized carbons (Fsp3) is 1.00. The van der Waals surface area contributed by atoms with Gasteiger partial charge in [-0.15, -0.1) is 0 Å². The molecule has 0 aromatic rings. The highest BCUT2D eigenvalue weighted by Gasteiger charge is 2.48. The third kappa shape index (κ3) is 1.70. The molecule has 14 heavy (non-hydrogen) atoms. The molecule has 0 radical (unpaired) electrons. The number of nitrogens with two attached hydrogens (primary N) is 1. The molecule has 1 aliphatic heterocycles. The van der Waals surface area contributed by atoms with E-state index in [4.69, 9.17) is 5.73 Å². The zero-order valence-electron chi connectivity index (χ0n) is 9.68. The van der Waals surface area contributed by atoms with Crippen LogP contribution in [-0.2, 0) is 0 Å². The molecule has 2 fully saturated rings. The van der Waals surface area contributed by atoms with Gasteiger partial charge in [-0.2, -0.15) is 0 Å². The summed E-state index contributed by atoms with van der Waals surface area (Å²) in [5.74, 6) is 0. The number of hydrogen-bond acceptors (Lipinski definition) is 2. The Hall–Kier alpha value is -0.0800. The number of nitrogens with zero attached hydrogens (tertiary/aromatic N) is 1. The van der Waals surface area contributed by atoms with Gasteiger partial charge in [0.15, 0.2) is 0 Å². The van der Waals surface area contributed by atoms with Gasteiger partial charge in [0.1, 0.15) is 0 Å². The molecule has 0 atom stereocenters. The fourth-order valence-electron chi connectivity index (χ4n) is 2.93. The van der Waals surface area contributed by atoms with E-state index in [9.17, 15) is 0 Å². The predicted molar refractivity (Wildman–Crippen MR) is 60.2 cm³/mol. The second kappa shape index (κ2) is 3.49. The molecule has 0 unspecified atom stereocenters. The van der Waals surface area contributed by atoms with Crippen molar-refractivity contribution >= 4 is 0 Å². The van der Waals surface area contributed by atoms with E-state index < -0.39 is 0 Å². The van der Waals surface area contributed by atoms with Crippen molar-refractivity contribution in [1.29, 1.82) is 0 Å². The van der Waals surface area contributed by atoms with E-state index >= 15 is 0 Å². The Morgan fingerprint density at radius 3 is 2.14 bits per heavy atom. The van der Waals surface area contributed by atoms with Gasteiger partial charge in [-0.25, -0.2) is 0 Å². The molecule has 0 bridgehead atoms. The minimum absolute atomic E-state index is 0.0748. The van der Waals surface area contributed by atoms with Crippen LogP contribution in [0.15, 0.2) is 0 Å². The van der Waals surface area contributed by atoms with Crippen LogP contribution in [0.4, 0.5) is 0 Å². The summed E-state index contributed by atoms with van der Waals surface area (Å²) in [6, 6.07) is 0. The van der Waals surface area contributed by atoms with Crippen molar-refractivity contribution in [3.05, 3.63) is 0 Å². The molecule has 0 aromatic heterocycles. The Morgan fingerprint density at radius 1 is 1.21 bits per heavy atom. The smallest absolute Gasteiger partial charge is 0.0278 e. The summed E-state index contributed by atoms with van der Waals surface area (Å²) in [7, 11) is 0. The van der Waals surface area contributed by atoms with Crippen molar-refractivity contribution in [2.45, 2.75) is 51.5 Å². The van der Waals surface area contributed by atoms with E-state index in [1.54, 1.807) is 0 Å². The molecular weight excluding hydrogens is 172 g/mol. The van der Waals surface area contributed by atoms with E-state index in [0.29, 0.717) is 0 Å². The van der Waals surface area contributed by atoms with E-state index in [0.717, 1.165) is 24.8 Å². The van der Waals surface area contributed by atoms with Crippen molar-refractivity contribution in [1.82, 2.24) is 4.90 Å². The lowest BCUT2D eigenvalue weighted by Gasteiger charge is -2.57. The zero-order chi connectivity index (χ0) is 10.2. The summed E-state index contributed by atoms with van der Waals surface area (Å²) in [6.07, 6.45) is 6.61. The number of hydrogen-bond donors (Lipinski definition) is 1. The molecule has 1 saturated heterocycles. The fourth-order valence-corrected chi connectivity index (χ4v) is 2.93. The Bertz CT molecular complexity index is 196. The van der Waals surface area contributed by atoms with Crippen LogP contribution in [0.1, 0.15) is 46.0 Å². The van der Waals surface area contributed by atoms with Crippen molar-refractivity contribution < 1.29 is 0 Å². The molecule has 1 heterocycles. The molecule has 0 aromatic carbocycles. The Kier molecular flexibility index (Phi) is 2.61. The minimum Gasteiger partial charge on any atom is -0.324 e. The first kappa shape index (κ1) is 10.4. The maximum atomic E-state index is 6.31. The highest BCUT2D eigenvalue weighted by atomic mass is 15.2. The first-order valence-corrected chi connectivity index (χ1v) is 6.13. The average molecular weight is 196 g/mol. The van der Waals surface area contributed by atoms with Crippen LogP contribution in [0.3, 0.4) is 0 Å². The Morgan fingerprint density at radius 2 is 1.79 bits per heavy atom. The summed E-state index contributed by atoms with van der Waals surface area (Å²) >= 11 is 0. The summed E-state index contributed by atoms with van der Waals surface area (Å²) in [4.78, 5) is 2.56. The quantitative estimate of drug-likeness (QED) is 0.745. The van der Waals surface area contributed by atoms with Crippen molar-refractivity contribution in [3.8, 4) is 0 Å². The monoisotopic (exact) mass is 196 g/mol. The van der Waals surface area contributed by atoms with Crippen LogP contribution in [0, 0.1) is 5.41 Å². The third-order valence-corrected chi connectivity index (χ3v) is 4.48. The standard InChI is InChI=1S/C12H24N2/c1-3-12(13,4-2)10-14-8-11(9-14)6-5-7-11/h3-10,13H2,1-2H3. The third-order valence-electron chi connectivity index (χ3n) is 4.48. The van der Waals surface area contributed by atoms with Crippen LogP contribution in [0.25, 0.3) is 0 Å². The first-order valence-electron chi connectivity index (χ1n) is 6.13. The zero-order valence-corrected chi connectivity index (χ0v) is 9.68. The van der Waals surface area contributed by atoms with Gasteiger partial charge in [0.25, 0.3) is 0 Å². The lowest BCUT2D eigenvalue weighted by molar-refractivity contribution is -0.0695. The SMILES string of the molecule is CCC(N)(CC)CN1CC2(CCC2)C1. The molecule has 1 aliphatic carbocycles. The van der Waals surface area contributed by atoms with E-state index in [1.165, 1.54) is 32.4 Å². The largest absolute Gasteiger partial charge is 0.324 e. The topological polar surface area (TPSA) is 29.3 Å². The van der Waals surface area contributed by atoms with Crippen molar-refractivity contribution in [2.24, 2.45) is 11.1 Å². The molecule has 1 saturated carbocycles. The van der Waals surface area contributed by atoms with Gasteiger partial charge < -0.3 is 10.6 Å². The molecule has 2 heteroatoms. The van der Waals surface area contributed by atoms with E-state index in [1.807, 2.05) is 0 Å². The van der Waals surface area contributed by atoms with Crippen molar-refractivity contribution in [3.63, 3.8) is 0 Å². The molecule has 2 aliphatic rings. The molecule has 1 spiro atoms. The minimum atomic E-state index is 0.0748. The molecular formula is C12H24N2. The van der Waals surface area contributed by atoms with Gasteiger partial charge in [0.2, 0.25) is 0 Å². The maximum Gasteiger partial charge on any atom is 0.0278 e. The molecule has 2 N–H and O–H groups in total. The highest BCUT2D eigenvalue weighted by molar-refractivity contribution is 5.02. The van der Waals surface area contributed by atoms with Gasteiger partial charge in [-0.3, -0.25) is 0 Å². The summed E-state index contributed by atoms with van der Waals surface area (Å²) in [5, 5.41) is 0. The lowest BCUT2D eigenvalue weighted by Crippen LogP contribution is -2.64. The molecule has 82 valence electrons. The van der Waals surface area contributed by atoms with Crippen LogP contribution >= 0.6 is 0 Å². The van der Waals surface area contributed by atoms with Crippen LogP contribution in [0.2, 0.25) is 0 Å². The van der Waals surface area contributed by atoms with Gasteiger partial charge in [-0.05, 0) is 31.1 Å². The summed E-state index contributed by atoms with van der Waals surface area (Å²) in [5.41, 5.74) is 7.14. The number of likely N-dealkylation sites (tertiary alicyclic amines) is 1.